The highest BCUT2D eigenvalue weighted by molar-refractivity contribution is 7.90. The summed E-state index contributed by atoms with van der Waals surface area (Å²) in [5.41, 5.74) is -0.395. The molecular formula is C23H21F3N2O4S. The summed E-state index contributed by atoms with van der Waals surface area (Å²) in [6.45, 7) is 3.21. The molecule has 0 atom stereocenters. The molecular weight excluding hydrogens is 457 g/mol. The Morgan fingerprint density at radius 1 is 1.03 bits per heavy atom. The number of hydrogen-bond acceptors (Lipinski definition) is 4. The van der Waals surface area contributed by atoms with E-state index in [0.29, 0.717) is 16.8 Å². The van der Waals surface area contributed by atoms with Crippen molar-refractivity contribution in [3.63, 3.8) is 0 Å². The highest BCUT2D eigenvalue weighted by atomic mass is 32.2. The smallest absolute Gasteiger partial charge is 0.348 e. The van der Waals surface area contributed by atoms with Gasteiger partial charge in [0.2, 0.25) is 0 Å². The molecule has 3 rings (SSSR count). The average Bonchev–Trinajstić information content (AvgIpc) is 2.71. The number of nitrogens with zero attached hydrogens (tertiary/aromatic N) is 1. The first-order chi connectivity index (χ1) is 15.3. The van der Waals surface area contributed by atoms with Crippen LogP contribution in [0.2, 0.25) is 0 Å². The number of aryl methyl sites for hydroxylation is 2. The molecule has 0 saturated heterocycles. The Morgan fingerprint density at radius 3 is 2.33 bits per heavy atom. The van der Waals surface area contributed by atoms with Crippen LogP contribution in [0.5, 0.6) is 0 Å². The summed E-state index contributed by atoms with van der Waals surface area (Å²) >= 11 is 0. The monoisotopic (exact) mass is 478 g/mol. The van der Waals surface area contributed by atoms with Gasteiger partial charge in [-0.05, 0) is 61.4 Å². The summed E-state index contributed by atoms with van der Waals surface area (Å²) in [6, 6.07) is 11.7. The first-order valence-corrected chi connectivity index (χ1v) is 11.7. The van der Waals surface area contributed by atoms with Crippen molar-refractivity contribution >= 4 is 15.7 Å². The number of pyridine rings is 1. The molecule has 0 spiro atoms. The number of halogens is 3. The van der Waals surface area contributed by atoms with Gasteiger partial charge in [-0.2, -0.15) is 13.2 Å². The molecule has 1 aromatic heterocycles. The number of sulfone groups is 1. The number of benzene rings is 2. The highest BCUT2D eigenvalue weighted by Gasteiger charge is 2.30. The van der Waals surface area contributed by atoms with E-state index in [9.17, 15) is 31.2 Å². The Hall–Kier alpha value is -3.40. The molecule has 0 aliphatic rings. The predicted octanol–water partition coefficient (Wildman–Crippen LogP) is 3.81. The fourth-order valence-electron chi connectivity index (χ4n) is 3.46. The Labute approximate surface area is 188 Å². The van der Waals surface area contributed by atoms with Gasteiger partial charge in [-0.15, -0.1) is 0 Å². The molecule has 33 heavy (non-hydrogen) atoms. The number of aromatic nitrogens is 1. The molecule has 0 unspecified atom stereocenters. The third-order valence-electron chi connectivity index (χ3n) is 5.05. The average molecular weight is 478 g/mol. The van der Waals surface area contributed by atoms with Crippen LogP contribution < -0.4 is 10.9 Å². The summed E-state index contributed by atoms with van der Waals surface area (Å²) in [6.07, 6.45) is -3.48. The second kappa shape index (κ2) is 8.86. The molecule has 174 valence electrons. The van der Waals surface area contributed by atoms with E-state index in [2.05, 4.69) is 5.32 Å². The van der Waals surface area contributed by atoms with Crippen molar-refractivity contribution in [3.8, 4) is 5.69 Å². The van der Waals surface area contributed by atoms with E-state index in [-0.39, 0.29) is 22.7 Å². The van der Waals surface area contributed by atoms with Gasteiger partial charge in [-0.3, -0.25) is 14.2 Å². The zero-order valence-electron chi connectivity index (χ0n) is 18.0. The second-order valence-corrected chi connectivity index (χ2v) is 9.62. The quantitative estimate of drug-likeness (QED) is 0.605. The van der Waals surface area contributed by atoms with Crippen molar-refractivity contribution in [1.29, 1.82) is 0 Å². The lowest BCUT2D eigenvalue weighted by molar-refractivity contribution is -0.137. The van der Waals surface area contributed by atoms with Crippen LogP contribution in [0.3, 0.4) is 0 Å². The fourth-order valence-corrected chi connectivity index (χ4v) is 4.42. The maximum atomic E-state index is 13.1. The molecule has 10 heteroatoms. The van der Waals surface area contributed by atoms with Crippen LogP contribution >= 0.6 is 0 Å². The molecule has 1 N–H and O–H groups in total. The molecule has 2 aromatic carbocycles. The number of alkyl halides is 3. The summed E-state index contributed by atoms with van der Waals surface area (Å²) in [5, 5.41) is 2.59. The molecule has 0 aliphatic carbocycles. The maximum Gasteiger partial charge on any atom is 0.416 e. The van der Waals surface area contributed by atoms with Crippen molar-refractivity contribution in [2.75, 3.05) is 6.26 Å². The van der Waals surface area contributed by atoms with Crippen LogP contribution in [-0.2, 0) is 22.6 Å². The van der Waals surface area contributed by atoms with Gasteiger partial charge in [0, 0.05) is 24.2 Å². The Bertz CT molecular complexity index is 1390. The van der Waals surface area contributed by atoms with E-state index in [1.165, 1.54) is 30.3 Å². The van der Waals surface area contributed by atoms with Crippen LogP contribution in [0.15, 0.2) is 64.3 Å². The second-order valence-electron chi connectivity index (χ2n) is 7.63. The van der Waals surface area contributed by atoms with Crippen LogP contribution in [0, 0.1) is 13.8 Å². The van der Waals surface area contributed by atoms with Crippen molar-refractivity contribution in [3.05, 3.63) is 92.9 Å². The Balaban J connectivity index is 1.89. The summed E-state index contributed by atoms with van der Waals surface area (Å²) < 4.78 is 63.8. The number of carbonyl (C=O) groups excluding carboxylic acids is 1. The Morgan fingerprint density at radius 2 is 1.73 bits per heavy atom. The summed E-state index contributed by atoms with van der Waals surface area (Å²) in [5.74, 6) is -0.703. The molecule has 6 nitrogen and oxygen atoms in total. The Kier molecular flexibility index (Phi) is 6.51. The van der Waals surface area contributed by atoms with Crippen molar-refractivity contribution in [2.24, 2.45) is 0 Å². The van der Waals surface area contributed by atoms with Crippen molar-refractivity contribution in [2.45, 2.75) is 31.5 Å². The normalized spacial score (nSPS) is 11.9. The zero-order chi connectivity index (χ0) is 24.6. The van der Waals surface area contributed by atoms with E-state index in [1.807, 2.05) is 0 Å². The topological polar surface area (TPSA) is 85.2 Å². The van der Waals surface area contributed by atoms with Crippen LogP contribution in [-0.4, -0.2) is 25.1 Å². The first kappa shape index (κ1) is 24.2. The van der Waals surface area contributed by atoms with E-state index >= 15 is 0 Å². The van der Waals surface area contributed by atoms with Crippen molar-refractivity contribution < 1.29 is 26.4 Å². The van der Waals surface area contributed by atoms with Gasteiger partial charge >= 0.3 is 6.18 Å². The third kappa shape index (κ3) is 5.33. The van der Waals surface area contributed by atoms with E-state index in [4.69, 9.17) is 0 Å². The van der Waals surface area contributed by atoms with Gasteiger partial charge in [-0.25, -0.2) is 8.42 Å². The van der Waals surface area contributed by atoms with E-state index < -0.39 is 33.0 Å². The lowest BCUT2D eigenvalue weighted by Crippen LogP contribution is -2.33. The highest BCUT2D eigenvalue weighted by Crippen LogP contribution is 2.30. The van der Waals surface area contributed by atoms with Gasteiger partial charge < -0.3 is 5.32 Å². The number of amides is 1. The lowest BCUT2D eigenvalue weighted by atomic mass is 10.1. The van der Waals surface area contributed by atoms with Gasteiger partial charge in [0.1, 0.15) is 5.56 Å². The molecule has 0 fully saturated rings. The SMILES string of the molecule is Cc1cc(CNC(=O)c2ccc(C)n(-c3cccc(C(F)(F)F)c3)c2=O)ccc1S(C)(=O)=O. The largest absolute Gasteiger partial charge is 0.416 e. The zero-order valence-corrected chi connectivity index (χ0v) is 18.8. The van der Waals surface area contributed by atoms with Crippen molar-refractivity contribution in [1.82, 2.24) is 9.88 Å². The molecule has 1 heterocycles. The molecule has 0 bridgehead atoms. The fraction of sp³-hybridized carbons (Fsp3) is 0.217. The standard InChI is InChI=1S/C23H21F3N2O4S/c1-14-11-16(8-10-20(14)33(3,31)32)13-27-21(29)19-9-7-15(2)28(22(19)30)18-6-4-5-17(12-18)23(24,25)26/h4-12H,13H2,1-3H3,(H,27,29). The predicted molar refractivity (Wildman–Crippen MR) is 117 cm³/mol. The minimum absolute atomic E-state index is 0.00559. The molecule has 1 amide bonds. The summed E-state index contributed by atoms with van der Waals surface area (Å²) in [7, 11) is -3.38. The molecule has 3 aromatic rings. The maximum absolute atomic E-state index is 13.1. The van der Waals surface area contributed by atoms with Crippen LogP contribution in [0.1, 0.15) is 32.7 Å². The van der Waals surface area contributed by atoms with Gasteiger partial charge in [0.25, 0.3) is 11.5 Å². The van der Waals surface area contributed by atoms with E-state index in [0.717, 1.165) is 23.0 Å². The number of hydrogen-bond donors (Lipinski definition) is 1. The number of nitrogens with one attached hydrogen (secondary N) is 1. The lowest BCUT2D eigenvalue weighted by Gasteiger charge is -2.14. The van der Waals surface area contributed by atoms with E-state index in [1.54, 1.807) is 26.0 Å². The number of carbonyl (C=O) groups is 1. The first-order valence-electron chi connectivity index (χ1n) is 9.77. The van der Waals surface area contributed by atoms with Gasteiger partial charge in [0.05, 0.1) is 10.5 Å². The van der Waals surface area contributed by atoms with Gasteiger partial charge in [0.15, 0.2) is 9.84 Å². The minimum atomic E-state index is -4.58. The molecule has 0 aliphatic heterocycles. The minimum Gasteiger partial charge on any atom is -0.348 e. The molecule has 0 radical (unpaired) electrons. The van der Waals surface area contributed by atoms with Crippen LogP contribution in [0.4, 0.5) is 13.2 Å². The number of rotatable bonds is 5. The van der Waals surface area contributed by atoms with Crippen LogP contribution in [0.25, 0.3) is 5.69 Å². The van der Waals surface area contributed by atoms with Gasteiger partial charge in [-0.1, -0.05) is 18.2 Å². The summed E-state index contributed by atoms with van der Waals surface area (Å²) in [4.78, 5) is 25.8. The third-order valence-corrected chi connectivity index (χ3v) is 6.30. The molecule has 0 saturated carbocycles.